The van der Waals surface area contributed by atoms with Crippen molar-refractivity contribution in [3.05, 3.63) is 52.5 Å². The molecule has 0 saturated heterocycles. The van der Waals surface area contributed by atoms with E-state index in [4.69, 9.17) is 27.9 Å². The summed E-state index contributed by atoms with van der Waals surface area (Å²) in [5.74, 6) is 1.09. The van der Waals surface area contributed by atoms with Gasteiger partial charge in [-0.05, 0) is 30.3 Å². The number of halogens is 2. The summed E-state index contributed by atoms with van der Waals surface area (Å²) in [6.45, 7) is 0. The van der Waals surface area contributed by atoms with E-state index in [0.717, 1.165) is 10.6 Å². The number of thioether (sulfide) groups is 1. The lowest BCUT2D eigenvalue weighted by molar-refractivity contribution is 0.405. The van der Waals surface area contributed by atoms with Gasteiger partial charge in [-0.2, -0.15) is 0 Å². The van der Waals surface area contributed by atoms with E-state index in [1.807, 2.05) is 24.3 Å². The van der Waals surface area contributed by atoms with Gasteiger partial charge >= 0.3 is 0 Å². The van der Waals surface area contributed by atoms with Crippen molar-refractivity contribution in [2.24, 2.45) is 0 Å². The second kappa shape index (κ2) is 7.59. The molecule has 0 heterocycles. The molecular formula is C15H14Cl2O3S2. The summed E-state index contributed by atoms with van der Waals surface area (Å²) in [6.07, 6.45) is 0. The summed E-state index contributed by atoms with van der Waals surface area (Å²) in [6, 6.07) is 11.9. The zero-order valence-electron chi connectivity index (χ0n) is 11.8. The number of sulfone groups is 1. The first-order valence-corrected chi connectivity index (χ1v) is 9.77. The lowest BCUT2D eigenvalue weighted by atomic mass is 10.3. The molecule has 7 heteroatoms. The molecule has 0 amide bonds. The molecule has 0 radical (unpaired) electrons. The van der Waals surface area contributed by atoms with E-state index in [2.05, 4.69) is 0 Å². The molecule has 22 heavy (non-hydrogen) atoms. The molecule has 0 aliphatic rings. The minimum absolute atomic E-state index is 0.0320. The Bertz CT molecular complexity index is 761. The van der Waals surface area contributed by atoms with Crippen LogP contribution in [0.5, 0.6) is 5.75 Å². The van der Waals surface area contributed by atoms with E-state index >= 15 is 0 Å². The predicted molar refractivity (Wildman–Crippen MR) is 92.2 cm³/mol. The number of hydrogen-bond donors (Lipinski definition) is 0. The van der Waals surface area contributed by atoms with Crippen molar-refractivity contribution >= 4 is 44.8 Å². The molecule has 2 rings (SSSR count). The molecule has 0 saturated carbocycles. The van der Waals surface area contributed by atoms with Crippen LogP contribution in [0, 0.1) is 0 Å². The molecule has 0 unspecified atom stereocenters. The summed E-state index contributed by atoms with van der Waals surface area (Å²) in [7, 11) is -1.90. The van der Waals surface area contributed by atoms with Gasteiger partial charge in [-0.15, -0.1) is 11.8 Å². The SMILES string of the molecule is COc1ccccc1SCCS(=O)(=O)c1cc(Cl)ccc1Cl. The summed E-state index contributed by atoms with van der Waals surface area (Å²) in [5.41, 5.74) is 0. The smallest absolute Gasteiger partial charge is 0.180 e. The summed E-state index contributed by atoms with van der Waals surface area (Å²) in [4.78, 5) is 0.972. The Kier molecular flexibility index (Phi) is 6.03. The summed E-state index contributed by atoms with van der Waals surface area (Å²) < 4.78 is 30.0. The number of benzene rings is 2. The average molecular weight is 377 g/mol. The van der Waals surface area contributed by atoms with Crippen LogP contribution in [0.25, 0.3) is 0 Å². The van der Waals surface area contributed by atoms with Crippen LogP contribution >= 0.6 is 35.0 Å². The maximum Gasteiger partial charge on any atom is 0.180 e. The Hall–Kier alpha value is -0.880. The Morgan fingerprint density at radius 1 is 1.14 bits per heavy atom. The summed E-state index contributed by atoms with van der Waals surface area (Å²) >= 11 is 13.2. The highest BCUT2D eigenvalue weighted by atomic mass is 35.5. The van der Waals surface area contributed by atoms with Crippen molar-refractivity contribution in [1.29, 1.82) is 0 Å². The molecule has 0 aliphatic carbocycles. The van der Waals surface area contributed by atoms with Crippen molar-refractivity contribution in [2.45, 2.75) is 9.79 Å². The van der Waals surface area contributed by atoms with E-state index < -0.39 is 9.84 Å². The van der Waals surface area contributed by atoms with E-state index in [0.29, 0.717) is 10.8 Å². The molecule has 0 bridgehead atoms. The fourth-order valence-electron chi connectivity index (χ4n) is 1.82. The zero-order chi connectivity index (χ0) is 16.2. The molecular weight excluding hydrogens is 363 g/mol. The average Bonchev–Trinajstić information content (AvgIpc) is 2.50. The van der Waals surface area contributed by atoms with Gasteiger partial charge in [0.1, 0.15) is 5.75 Å². The predicted octanol–water partition coefficient (Wildman–Crippen LogP) is 4.57. The number of hydrogen-bond acceptors (Lipinski definition) is 4. The topological polar surface area (TPSA) is 43.4 Å². The third-order valence-corrected chi connectivity index (χ3v) is 6.65. The van der Waals surface area contributed by atoms with Gasteiger partial charge < -0.3 is 4.74 Å². The molecule has 0 aliphatic heterocycles. The van der Waals surface area contributed by atoms with Crippen molar-refractivity contribution in [2.75, 3.05) is 18.6 Å². The minimum Gasteiger partial charge on any atom is -0.496 e. The van der Waals surface area contributed by atoms with E-state index in [-0.39, 0.29) is 15.7 Å². The van der Waals surface area contributed by atoms with Crippen LogP contribution in [0.4, 0.5) is 0 Å². The summed E-state index contributed by atoms with van der Waals surface area (Å²) in [5, 5.41) is 0.534. The maximum atomic E-state index is 12.4. The largest absolute Gasteiger partial charge is 0.496 e. The molecule has 0 aromatic heterocycles. The highest BCUT2D eigenvalue weighted by Crippen LogP contribution is 2.30. The molecule has 0 atom stereocenters. The standard InChI is InChI=1S/C15H14Cl2O3S2/c1-20-13-4-2-3-5-14(13)21-8-9-22(18,19)15-10-11(16)6-7-12(15)17/h2-7,10H,8-9H2,1H3. The third-order valence-electron chi connectivity index (χ3n) is 2.91. The van der Waals surface area contributed by atoms with Crippen LogP contribution in [-0.4, -0.2) is 27.0 Å². The van der Waals surface area contributed by atoms with E-state index in [1.54, 1.807) is 13.2 Å². The minimum atomic E-state index is -3.48. The molecule has 3 nitrogen and oxygen atoms in total. The molecule has 0 spiro atoms. The van der Waals surface area contributed by atoms with Gasteiger partial charge in [-0.3, -0.25) is 0 Å². The van der Waals surface area contributed by atoms with Crippen LogP contribution in [0.1, 0.15) is 0 Å². The van der Waals surface area contributed by atoms with Crippen molar-refractivity contribution < 1.29 is 13.2 Å². The van der Waals surface area contributed by atoms with Crippen LogP contribution in [0.15, 0.2) is 52.3 Å². The van der Waals surface area contributed by atoms with Gasteiger partial charge in [0, 0.05) is 15.7 Å². The van der Waals surface area contributed by atoms with Gasteiger partial charge in [0.25, 0.3) is 0 Å². The lowest BCUT2D eigenvalue weighted by Gasteiger charge is -2.09. The molecule has 0 N–H and O–H groups in total. The van der Waals surface area contributed by atoms with Crippen LogP contribution < -0.4 is 4.74 Å². The fraction of sp³-hybridized carbons (Fsp3) is 0.200. The molecule has 2 aromatic rings. The van der Waals surface area contributed by atoms with Crippen molar-refractivity contribution in [1.82, 2.24) is 0 Å². The first-order valence-electron chi connectivity index (χ1n) is 6.37. The number of para-hydroxylation sites is 1. The van der Waals surface area contributed by atoms with Crippen LogP contribution in [0.3, 0.4) is 0 Å². The maximum absolute atomic E-state index is 12.4. The monoisotopic (exact) mass is 376 g/mol. The van der Waals surface area contributed by atoms with Gasteiger partial charge in [0.15, 0.2) is 9.84 Å². The Balaban J connectivity index is 2.09. The van der Waals surface area contributed by atoms with Gasteiger partial charge in [0.2, 0.25) is 0 Å². The van der Waals surface area contributed by atoms with Gasteiger partial charge in [-0.1, -0.05) is 35.3 Å². The van der Waals surface area contributed by atoms with Crippen LogP contribution in [0.2, 0.25) is 10.0 Å². The number of rotatable bonds is 6. The Morgan fingerprint density at radius 3 is 2.59 bits per heavy atom. The quantitative estimate of drug-likeness (QED) is 0.692. The Labute approximate surface area is 144 Å². The first-order chi connectivity index (χ1) is 10.4. The normalized spacial score (nSPS) is 11.4. The fourth-order valence-corrected chi connectivity index (χ4v) is 5.32. The first kappa shape index (κ1) is 17.5. The molecule has 2 aromatic carbocycles. The number of methoxy groups -OCH3 is 1. The van der Waals surface area contributed by atoms with E-state index in [9.17, 15) is 8.42 Å². The second-order valence-corrected chi connectivity index (χ2v) is 8.45. The molecule has 0 fully saturated rings. The highest BCUT2D eigenvalue weighted by molar-refractivity contribution is 8.00. The zero-order valence-corrected chi connectivity index (χ0v) is 14.9. The van der Waals surface area contributed by atoms with E-state index in [1.165, 1.54) is 23.9 Å². The lowest BCUT2D eigenvalue weighted by Crippen LogP contribution is -2.09. The van der Waals surface area contributed by atoms with Crippen molar-refractivity contribution in [3.63, 3.8) is 0 Å². The number of ether oxygens (including phenoxy) is 1. The Morgan fingerprint density at radius 2 is 1.86 bits per heavy atom. The van der Waals surface area contributed by atoms with Gasteiger partial charge in [-0.25, -0.2) is 8.42 Å². The molecule has 118 valence electrons. The van der Waals surface area contributed by atoms with Crippen LogP contribution in [-0.2, 0) is 9.84 Å². The highest BCUT2D eigenvalue weighted by Gasteiger charge is 2.18. The van der Waals surface area contributed by atoms with Crippen molar-refractivity contribution in [3.8, 4) is 5.75 Å². The third kappa shape index (κ3) is 4.32. The van der Waals surface area contributed by atoms with Gasteiger partial charge in [0.05, 0.1) is 22.8 Å². The second-order valence-electron chi connectivity index (χ2n) is 4.39.